The SMILES string of the molecule is CCNC(=NCC1CCN(CC)C1)N(C)Cc1ccccc1OC. The molecule has 1 atom stereocenters. The van der Waals surface area contributed by atoms with Crippen molar-refractivity contribution in [3.8, 4) is 5.75 Å². The Morgan fingerprint density at radius 1 is 1.38 bits per heavy atom. The molecule has 1 aromatic rings. The van der Waals surface area contributed by atoms with Crippen LogP contribution in [0.1, 0.15) is 25.8 Å². The summed E-state index contributed by atoms with van der Waals surface area (Å²) in [5.41, 5.74) is 1.17. The normalized spacial score (nSPS) is 18.7. The molecule has 0 saturated carbocycles. The highest BCUT2D eigenvalue weighted by molar-refractivity contribution is 5.79. The molecule has 5 heteroatoms. The maximum Gasteiger partial charge on any atom is 0.193 e. The number of likely N-dealkylation sites (tertiary alicyclic amines) is 1. The van der Waals surface area contributed by atoms with Crippen LogP contribution in [0.2, 0.25) is 0 Å². The van der Waals surface area contributed by atoms with Gasteiger partial charge in [-0.2, -0.15) is 0 Å². The Bertz CT molecular complexity index is 532. The van der Waals surface area contributed by atoms with E-state index in [1.807, 2.05) is 18.2 Å². The Kier molecular flexibility index (Phi) is 7.37. The predicted molar refractivity (Wildman–Crippen MR) is 101 cm³/mol. The van der Waals surface area contributed by atoms with Crippen LogP contribution in [-0.4, -0.2) is 62.6 Å². The zero-order valence-corrected chi connectivity index (χ0v) is 15.6. The Balaban J connectivity index is 1.99. The van der Waals surface area contributed by atoms with Crippen LogP contribution in [0.15, 0.2) is 29.3 Å². The molecule has 1 fully saturated rings. The van der Waals surface area contributed by atoms with Crippen LogP contribution in [0.25, 0.3) is 0 Å². The molecule has 1 aromatic carbocycles. The van der Waals surface area contributed by atoms with Crippen molar-refractivity contribution in [3.05, 3.63) is 29.8 Å². The van der Waals surface area contributed by atoms with E-state index in [9.17, 15) is 0 Å². The molecule has 1 heterocycles. The van der Waals surface area contributed by atoms with E-state index in [2.05, 4.69) is 42.1 Å². The fraction of sp³-hybridized carbons (Fsp3) is 0.632. The van der Waals surface area contributed by atoms with E-state index in [0.717, 1.165) is 37.9 Å². The van der Waals surface area contributed by atoms with Crippen LogP contribution in [0.3, 0.4) is 0 Å². The standard InChI is InChI=1S/C19H32N4O/c1-5-20-19(21-13-16-11-12-23(6-2)14-16)22(3)15-17-9-7-8-10-18(17)24-4/h7-10,16H,5-6,11-15H2,1-4H3,(H,20,21). The number of ether oxygens (including phenoxy) is 1. The van der Waals surface area contributed by atoms with E-state index in [1.165, 1.54) is 25.1 Å². The maximum absolute atomic E-state index is 5.46. The molecule has 1 unspecified atom stereocenters. The third-order valence-electron chi connectivity index (χ3n) is 4.61. The summed E-state index contributed by atoms with van der Waals surface area (Å²) < 4.78 is 5.46. The average Bonchev–Trinajstić information content (AvgIpc) is 3.07. The molecule has 0 bridgehead atoms. The summed E-state index contributed by atoms with van der Waals surface area (Å²) >= 11 is 0. The number of rotatable bonds is 7. The fourth-order valence-corrected chi connectivity index (χ4v) is 3.20. The summed E-state index contributed by atoms with van der Waals surface area (Å²) in [5.74, 6) is 2.58. The van der Waals surface area contributed by atoms with Crippen molar-refractivity contribution in [1.82, 2.24) is 15.1 Å². The van der Waals surface area contributed by atoms with Crippen molar-refractivity contribution in [1.29, 1.82) is 0 Å². The molecule has 0 spiro atoms. The molecule has 1 N–H and O–H groups in total. The number of nitrogens with one attached hydrogen (secondary N) is 1. The molecule has 134 valence electrons. The summed E-state index contributed by atoms with van der Waals surface area (Å²) in [6.07, 6.45) is 1.26. The van der Waals surface area contributed by atoms with Gasteiger partial charge >= 0.3 is 0 Å². The number of nitrogens with zero attached hydrogens (tertiary/aromatic N) is 3. The van der Waals surface area contributed by atoms with Crippen molar-refractivity contribution in [2.24, 2.45) is 10.9 Å². The van der Waals surface area contributed by atoms with E-state index in [-0.39, 0.29) is 0 Å². The lowest BCUT2D eigenvalue weighted by Gasteiger charge is -2.23. The van der Waals surface area contributed by atoms with Crippen LogP contribution in [0, 0.1) is 5.92 Å². The van der Waals surface area contributed by atoms with Crippen LogP contribution in [-0.2, 0) is 6.54 Å². The summed E-state index contributed by atoms with van der Waals surface area (Å²) in [4.78, 5) is 9.56. The quantitative estimate of drug-likeness (QED) is 0.615. The molecule has 0 amide bonds. The highest BCUT2D eigenvalue weighted by Crippen LogP contribution is 2.19. The number of guanidine groups is 1. The summed E-state index contributed by atoms with van der Waals surface area (Å²) in [6, 6.07) is 8.16. The summed E-state index contributed by atoms with van der Waals surface area (Å²) in [5, 5.41) is 3.41. The second-order valence-electron chi connectivity index (χ2n) is 6.41. The second-order valence-corrected chi connectivity index (χ2v) is 6.41. The molecule has 5 nitrogen and oxygen atoms in total. The molecule has 1 aliphatic heterocycles. The van der Waals surface area contributed by atoms with Gasteiger partial charge in [0.25, 0.3) is 0 Å². The van der Waals surface area contributed by atoms with E-state index in [0.29, 0.717) is 5.92 Å². The minimum atomic E-state index is 0.679. The van der Waals surface area contributed by atoms with Gasteiger partial charge in [0.2, 0.25) is 0 Å². The predicted octanol–water partition coefficient (Wildman–Crippen LogP) is 2.43. The topological polar surface area (TPSA) is 40.1 Å². The number of hydrogen-bond donors (Lipinski definition) is 1. The summed E-state index contributed by atoms with van der Waals surface area (Å²) in [6.45, 7) is 10.4. The van der Waals surface area contributed by atoms with Gasteiger partial charge in [0.05, 0.1) is 7.11 Å². The van der Waals surface area contributed by atoms with Gasteiger partial charge < -0.3 is 19.9 Å². The first-order chi connectivity index (χ1) is 11.7. The Hall–Kier alpha value is -1.75. The molecule has 1 saturated heterocycles. The Labute approximate surface area is 146 Å². The van der Waals surface area contributed by atoms with Gasteiger partial charge in [-0.15, -0.1) is 0 Å². The first-order valence-corrected chi connectivity index (χ1v) is 9.01. The highest BCUT2D eigenvalue weighted by atomic mass is 16.5. The van der Waals surface area contributed by atoms with E-state index in [4.69, 9.17) is 9.73 Å². The first kappa shape index (κ1) is 18.6. The van der Waals surface area contributed by atoms with E-state index >= 15 is 0 Å². The number of hydrogen-bond acceptors (Lipinski definition) is 3. The highest BCUT2D eigenvalue weighted by Gasteiger charge is 2.21. The van der Waals surface area contributed by atoms with Gasteiger partial charge in [-0.3, -0.25) is 4.99 Å². The van der Waals surface area contributed by atoms with E-state index in [1.54, 1.807) is 7.11 Å². The lowest BCUT2D eigenvalue weighted by atomic mass is 10.1. The van der Waals surface area contributed by atoms with Crippen LogP contribution in [0.4, 0.5) is 0 Å². The van der Waals surface area contributed by atoms with Gasteiger partial charge in [-0.1, -0.05) is 25.1 Å². The van der Waals surface area contributed by atoms with Crippen LogP contribution in [0.5, 0.6) is 5.75 Å². The molecule has 0 radical (unpaired) electrons. The smallest absolute Gasteiger partial charge is 0.193 e. The molecule has 2 rings (SSSR count). The zero-order valence-electron chi connectivity index (χ0n) is 15.6. The molecule has 0 aromatic heterocycles. The lowest BCUT2D eigenvalue weighted by Crippen LogP contribution is -2.39. The van der Waals surface area contributed by atoms with Crippen molar-refractivity contribution >= 4 is 5.96 Å². The van der Waals surface area contributed by atoms with Crippen LogP contribution < -0.4 is 10.1 Å². The van der Waals surface area contributed by atoms with Crippen molar-refractivity contribution in [3.63, 3.8) is 0 Å². The van der Waals surface area contributed by atoms with Gasteiger partial charge in [0.1, 0.15) is 5.75 Å². The molecule has 24 heavy (non-hydrogen) atoms. The average molecular weight is 332 g/mol. The van der Waals surface area contributed by atoms with Gasteiger partial charge in [0.15, 0.2) is 5.96 Å². The molecular formula is C19H32N4O. The number of methoxy groups -OCH3 is 1. The van der Waals surface area contributed by atoms with Gasteiger partial charge in [0, 0.05) is 38.8 Å². The minimum absolute atomic E-state index is 0.679. The zero-order chi connectivity index (χ0) is 17.4. The number of para-hydroxylation sites is 1. The van der Waals surface area contributed by atoms with Crippen molar-refractivity contribution < 1.29 is 4.74 Å². The number of aliphatic imine (C=N–C) groups is 1. The second kappa shape index (κ2) is 9.52. The molecule has 1 aliphatic rings. The van der Waals surface area contributed by atoms with Crippen molar-refractivity contribution in [2.75, 3.05) is 46.9 Å². The molecular weight excluding hydrogens is 300 g/mol. The fourth-order valence-electron chi connectivity index (χ4n) is 3.20. The number of benzene rings is 1. The van der Waals surface area contributed by atoms with E-state index < -0.39 is 0 Å². The van der Waals surface area contributed by atoms with Gasteiger partial charge in [-0.25, -0.2) is 0 Å². The largest absolute Gasteiger partial charge is 0.496 e. The first-order valence-electron chi connectivity index (χ1n) is 9.01. The Morgan fingerprint density at radius 3 is 2.83 bits per heavy atom. The van der Waals surface area contributed by atoms with Gasteiger partial charge in [-0.05, 0) is 38.4 Å². The molecule has 0 aliphatic carbocycles. The minimum Gasteiger partial charge on any atom is -0.496 e. The third kappa shape index (κ3) is 5.13. The Morgan fingerprint density at radius 2 is 2.17 bits per heavy atom. The monoisotopic (exact) mass is 332 g/mol. The third-order valence-corrected chi connectivity index (χ3v) is 4.61. The maximum atomic E-state index is 5.46. The lowest BCUT2D eigenvalue weighted by molar-refractivity contribution is 0.343. The summed E-state index contributed by atoms with van der Waals surface area (Å²) in [7, 11) is 3.80. The van der Waals surface area contributed by atoms with Crippen molar-refractivity contribution in [2.45, 2.75) is 26.8 Å². The van der Waals surface area contributed by atoms with Crippen LogP contribution >= 0.6 is 0 Å².